The number of guanidine groups is 1. The van der Waals surface area contributed by atoms with Crippen LogP contribution in [0.15, 0.2) is 17.6 Å². The lowest BCUT2D eigenvalue weighted by atomic mass is 9.74. The second-order valence-corrected chi connectivity index (χ2v) is 5.34. The molecule has 1 saturated carbocycles. The monoisotopic (exact) mass is 207 g/mol. The van der Waals surface area contributed by atoms with Crippen LogP contribution in [0, 0.1) is 5.41 Å². The van der Waals surface area contributed by atoms with E-state index in [0.717, 1.165) is 13.1 Å². The molecule has 2 aliphatic rings. The summed E-state index contributed by atoms with van der Waals surface area (Å²) in [5.74, 6) is 0.699. The van der Waals surface area contributed by atoms with Crippen LogP contribution in [-0.2, 0) is 0 Å². The highest BCUT2D eigenvalue weighted by atomic mass is 15.4. The second-order valence-electron chi connectivity index (χ2n) is 5.34. The van der Waals surface area contributed by atoms with Gasteiger partial charge >= 0.3 is 0 Å². The van der Waals surface area contributed by atoms with Crippen molar-refractivity contribution in [1.29, 1.82) is 0 Å². The van der Waals surface area contributed by atoms with Gasteiger partial charge in [-0.05, 0) is 18.3 Å². The summed E-state index contributed by atoms with van der Waals surface area (Å²) < 4.78 is 0. The Bertz CT molecular complexity index is 306. The zero-order chi connectivity index (χ0) is 11.1. The van der Waals surface area contributed by atoms with E-state index in [1.807, 2.05) is 6.08 Å². The number of nitrogens with zero attached hydrogens (tertiary/aromatic N) is 2. The van der Waals surface area contributed by atoms with Gasteiger partial charge in [0.15, 0.2) is 5.96 Å². The van der Waals surface area contributed by atoms with Gasteiger partial charge in [-0.3, -0.25) is 4.99 Å². The van der Waals surface area contributed by atoms with Crippen molar-refractivity contribution in [3.05, 3.63) is 12.7 Å². The topological polar surface area (TPSA) is 41.6 Å². The molecule has 1 aliphatic heterocycles. The van der Waals surface area contributed by atoms with E-state index < -0.39 is 0 Å². The van der Waals surface area contributed by atoms with E-state index in [9.17, 15) is 0 Å². The van der Waals surface area contributed by atoms with Crippen LogP contribution in [0.25, 0.3) is 0 Å². The fourth-order valence-corrected chi connectivity index (χ4v) is 3.19. The Morgan fingerprint density at radius 2 is 2.27 bits per heavy atom. The molecule has 0 aromatic carbocycles. The molecule has 0 bridgehead atoms. The van der Waals surface area contributed by atoms with Crippen molar-refractivity contribution in [2.24, 2.45) is 16.1 Å². The summed E-state index contributed by atoms with van der Waals surface area (Å²) in [5.41, 5.74) is 6.43. The molecule has 3 nitrogen and oxygen atoms in total. The molecule has 2 rings (SSSR count). The molecule has 1 spiro atoms. The lowest BCUT2D eigenvalue weighted by molar-refractivity contribution is 0.0921. The predicted molar refractivity (Wildman–Crippen MR) is 63.8 cm³/mol. The third kappa shape index (κ3) is 1.29. The largest absolute Gasteiger partial charge is 0.370 e. The van der Waals surface area contributed by atoms with Crippen molar-refractivity contribution in [2.75, 3.05) is 13.1 Å². The first kappa shape index (κ1) is 10.5. The van der Waals surface area contributed by atoms with Crippen LogP contribution >= 0.6 is 0 Å². The van der Waals surface area contributed by atoms with E-state index in [0.29, 0.717) is 11.4 Å². The normalized spacial score (nSPS) is 33.5. The summed E-state index contributed by atoms with van der Waals surface area (Å²) in [4.78, 5) is 6.70. The van der Waals surface area contributed by atoms with Gasteiger partial charge in [-0.2, -0.15) is 0 Å². The van der Waals surface area contributed by atoms with Crippen LogP contribution in [0.5, 0.6) is 0 Å². The standard InChI is InChI=1S/C12H21N3/c1-4-8-15-10(13)14-9-12(15)7-5-6-11(12,2)3/h4H,1,5-9H2,2-3H3,(H2,13,14). The molecule has 1 atom stereocenters. The minimum absolute atomic E-state index is 0.158. The van der Waals surface area contributed by atoms with E-state index in [4.69, 9.17) is 5.73 Å². The molecule has 0 aromatic heterocycles. The van der Waals surface area contributed by atoms with Crippen molar-refractivity contribution in [2.45, 2.75) is 38.6 Å². The lowest BCUT2D eigenvalue weighted by Gasteiger charge is -2.45. The summed E-state index contributed by atoms with van der Waals surface area (Å²) >= 11 is 0. The SMILES string of the molecule is C=CCN1C(N)=NCC12CCCC2(C)C. The average Bonchev–Trinajstić information content (AvgIpc) is 2.63. The Morgan fingerprint density at radius 1 is 1.53 bits per heavy atom. The summed E-state index contributed by atoms with van der Waals surface area (Å²) in [6.07, 6.45) is 5.68. The van der Waals surface area contributed by atoms with Crippen LogP contribution in [-0.4, -0.2) is 29.5 Å². The van der Waals surface area contributed by atoms with Crippen LogP contribution < -0.4 is 5.73 Å². The molecule has 1 heterocycles. The molecular formula is C12H21N3. The molecule has 0 radical (unpaired) electrons. The third-order valence-electron chi connectivity index (χ3n) is 4.26. The highest BCUT2D eigenvalue weighted by Gasteiger charge is 2.55. The maximum absolute atomic E-state index is 5.97. The van der Waals surface area contributed by atoms with Crippen LogP contribution in [0.2, 0.25) is 0 Å². The molecule has 1 fully saturated rings. The minimum Gasteiger partial charge on any atom is -0.370 e. The van der Waals surface area contributed by atoms with Gasteiger partial charge in [-0.25, -0.2) is 0 Å². The highest BCUT2D eigenvalue weighted by Crippen LogP contribution is 2.51. The summed E-state index contributed by atoms with van der Waals surface area (Å²) in [5, 5.41) is 0. The summed E-state index contributed by atoms with van der Waals surface area (Å²) in [7, 11) is 0. The van der Waals surface area contributed by atoms with Crippen molar-refractivity contribution in [1.82, 2.24) is 4.90 Å². The predicted octanol–water partition coefficient (Wildman–Crippen LogP) is 1.75. The molecule has 15 heavy (non-hydrogen) atoms. The Kier molecular flexibility index (Phi) is 2.28. The van der Waals surface area contributed by atoms with Crippen LogP contribution in [0.4, 0.5) is 0 Å². The number of hydrogen-bond donors (Lipinski definition) is 1. The highest BCUT2D eigenvalue weighted by molar-refractivity contribution is 5.81. The maximum atomic E-state index is 5.97. The lowest BCUT2D eigenvalue weighted by Crippen LogP contribution is -2.57. The van der Waals surface area contributed by atoms with Gasteiger partial charge in [-0.1, -0.05) is 26.3 Å². The van der Waals surface area contributed by atoms with Gasteiger partial charge < -0.3 is 10.6 Å². The van der Waals surface area contributed by atoms with Gasteiger partial charge in [0, 0.05) is 6.54 Å². The van der Waals surface area contributed by atoms with Crippen LogP contribution in [0.3, 0.4) is 0 Å². The summed E-state index contributed by atoms with van der Waals surface area (Å²) in [6, 6.07) is 0. The Morgan fingerprint density at radius 3 is 2.80 bits per heavy atom. The number of nitrogens with two attached hydrogens (primary N) is 1. The molecule has 0 saturated heterocycles. The first-order valence-corrected chi connectivity index (χ1v) is 5.72. The van der Waals surface area contributed by atoms with E-state index in [-0.39, 0.29) is 5.54 Å². The average molecular weight is 207 g/mol. The van der Waals surface area contributed by atoms with E-state index in [1.54, 1.807) is 0 Å². The Labute approximate surface area is 92.0 Å². The smallest absolute Gasteiger partial charge is 0.192 e. The third-order valence-corrected chi connectivity index (χ3v) is 4.26. The number of aliphatic imine (C=N–C) groups is 1. The van der Waals surface area contributed by atoms with Gasteiger partial charge in [-0.15, -0.1) is 6.58 Å². The van der Waals surface area contributed by atoms with Crippen LogP contribution in [0.1, 0.15) is 33.1 Å². The molecule has 1 aliphatic carbocycles. The van der Waals surface area contributed by atoms with E-state index >= 15 is 0 Å². The quantitative estimate of drug-likeness (QED) is 0.701. The van der Waals surface area contributed by atoms with Crippen molar-refractivity contribution in [3.8, 4) is 0 Å². The molecule has 1 unspecified atom stereocenters. The molecular weight excluding hydrogens is 186 g/mol. The zero-order valence-electron chi connectivity index (χ0n) is 9.79. The van der Waals surface area contributed by atoms with E-state index in [2.05, 4.69) is 30.3 Å². The Balaban J connectivity index is 2.32. The van der Waals surface area contributed by atoms with Gasteiger partial charge in [0.2, 0.25) is 0 Å². The van der Waals surface area contributed by atoms with Gasteiger partial charge in [0.05, 0.1) is 12.1 Å². The van der Waals surface area contributed by atoms with E-state index in [1.165, 1.54) is 19.3 Å². The first-order chi connectivity index (χ1) is 7.03. The van der Waals surface area contributed by atoms with Gasteiger partial charge in [0.25, 0.3) is 0 Å². The molecule has 0 aromatic rings. The molecule has 2 N–H and O–H groups in total. The van der Waals surface area contributed by atoms with Crippen molar-refractivity contribution >= 4 is 5.96 Å². The molecule has 84 valence electrons. The second kappa shape index (κ2) is 3.26. The molecule has 3 heteroatoms. The maximum Gasteiger partial charge on any atom is 0.192 e. The number of hydrogen-bond acceptors (Lipinski definition) is 3. The van der Waals surface area contributed by atoms with Gasteiger partial charge in [0.1, 0.15) is 0 Å². The minimum atomic E-state index is 0.158. The Hall–Kier alpha value is -0.990. The number of rotatable bonds is 2. The fraction of sp³-hybridized carbons (Fsp3) is 0.750. The summed E-state index contributed by atoms with van der Waals surface area (Å²) in [6.45, 7) is 10.2. The first-order valence-electron chi connectivity index (χ1n) is 5.72. The zero-order valence-corrected chi connectivity index (χ0v) is 9.79. The van der Waals surface area contributed by atoms with Crippen molar-refractivity contribution in [3.63, 3.8) is 0 Å². The van der Waals surface area contributed by atoms with Crippen molar-refractivity contribution < 1.29 is 0 Å². The molecule has 0 amide bonds. The fourth-order valence-electron chi connectivity index (χ4n) is 3.19.